The Kier molecular flexibility index (Phi) is 4.12. The van der Waals surface area contributed by atoms with Crippen molar-refractivity contribution in [3.8, 4) is 11.8 Å². The topological polar surface area (TPSA) is 67.7 Å². The molecule has 3 fully saturated rings. The molecule has 3 saturated heterocycles. The Morgan fingerprint density at radius 1 is 0.966 bits per heavy atom. The standard InChI is InChI=1S/C22H25NO6/c1-19(2)25-14-22(29-19)21(18-16(12-24-22)26-20(3,4)28-18)13-23-17(27-21)11-10-15-8-6-5-7-9-15/h5-9,16,18H,12-14H2,1-4H3/t16-,18-,21+,22+/m1/s1. The fourth-order valence-electron chi connectivity index (χ4n) is 4.40. The summed E-state index contributed by atoms with van der Waals surface area (Å²) in [6, 6.07) is 9.70. The average Bonchev–Trinajstić information content (AvgIpc) is 3.33. The zero-order valence-corrected chi connectivity index (χ0v) is 17.1. The number of rotatable bonds is 0. The molecular weight excluding hydrogens is 374 g/mol. The lowest BCUT2D eigenvalue weighted by atomic mass is 9.82. The van der Waals surface area contributed by atoms with Crippen molar-refractivity contribution in [1.29, 1.82) is 0 Å². The maximum Gasteiger partial charge on any atom is 0.264 e. The predicted octanol–water partition coefficient (Wildman–Crippen LogP) is 2.24. The third kappa shape index (κ3) is 3.07. The Balaban J connectivity index is 1.49. The van der Waals surface area contributed by atoms with E-state index in [9.17, 15) is 0 Å². The minimum Gasteiger partial charge on any atom is -0.454 e. The van der Waals surface area contributed by atoms with E-state index in [0.29, 0.717) is 12.5 Å². The minimum absolute atomic E-state index is 0.210. The van der Waals surface area contributed by atoms with E-state index in [1.165, 1.54) is 0 Å². The van der Waals surface area contributed by atoms with Crippen molar-refractivity contribution in [3.63, 3.8) is 0 Å². The van der Waals surface area contributed by atoms with Crippen LogP contribution in [-0.2, 0) is 28.4 Å². The lowest BCUT2D eigenvalue weighted by Gasteiger charge is -2.49. The first kappa shape index (κ1) is 19.0. The fourth-order valence-corrected chi connectivity index (χ4v) is 4.40. The summed E-state index contributed by atoms with van der Waals surface area (Å²) < 4.78 is 37.1. The first-order valence-electron chi connectivity index (χ1n) is 9.87. The molecule has 0 bridgehead atoms. The van der Waals surface area contributed by atoms with Crippen molar-refractivity contribution in [1.82, 2.24) is 0 Å². The van der Waals surface area contributed by atoms with Crippen molar-refractivity contribution in [2.45, 2.75) is 62.9 Å². The fraction of sp³-hybridized carbons (Fsp3) is 0.591. The molecule has 1 aromatic rings. The molecule has 0 aromatic heterocycles. The van der Waals surface area contributed by atoms with Crippen LogP contribution in [0.4, 0.5) is 0 Å². The molecule has 7 nitrogen and oxygen atoms in total. The summed E-state index contributed by atoms with van der Waals surface area (Å²) in [6.45, 7) is 8.29. The van der Waals surface area contributed by atoms with Crippen molar-refractivity contribution in [2.24, 2.45) is 4.99 Å². The molecule has 4 aliphatic heterocycles. The highest BCUT2D eigenvalue weighted by Gasteiger charge is 2.74. The van der Waals surface area contributed by atoms with Crippen molar-refractivity contribution in [3.05, 3.63) is 35.9 Å². The Hall–Kier alpha value is -1.95. The van der Waals surface area contributed by atoms with E-state index in [-0.39, 0.29) is 19.3 Å². The summed E-state index contributed by atoms with van der Waals surface area (Å²) >= 11 is 0. The third-order valence-corrected chi connectivity index (χ3v) is 5.61. The second-order valence-electron chi connectivity index (χ2n) is 8.68. The van der Waals surface area contributed by atoms with Gasteiger partial charge in [-0.15, -0.1) is 0 Å². The summed E-state index contributed by atoms with van der Waals surface area (Å²) in [5.41, 5.74) is -0.159. The average molecular weight is 399 g/mol. The molecular formula is C22H25NO6. The van der Waals surface area contributed by atoms with Gasteiger partial charge in [-0.1, -0.05) is 24.1 Å². The number of fused-ring (bicyclic) bond motifs is 3. The van der Waals surface area contributed by atoms with Crippen LogP contribution in [-0.4, -0.2) is 60.8 Å². The molecule has 0 aliphatic carbocycles. The van der Waals surface area contributed by atoms with Gasteiger partial charge in [-0.3, -0.25) is 0 Å². The molecule has 154 valence electrons. The van der Waals surface area contributed by atoms with Gasteiger partial charge in [0.1, 0.15) is 18.8 Å². The summed E-state index contributed by atoms with van der Waals surface area (Å²) in [4.78, 5) is 4.57. The second-order valence-corrected chi connectivity index (χ2v) is 8.68. The van der Waals surface area contributed by atoms with E-state index in [4.69, 9.17) is 28.4 Å². The van der Waals surface area contributed by atoms with E-state index in [0.717, 1.165) is 5.56 Å². The van der Waals surface area contributed by atoms with Gasteiger partial charge in [0.15, 0.2) is 11.6 Å². The molecule has 4 atom stereocenters. The molecule has 5 rings (SSSR count). The highest BCUT2D eigenvalue weighted by Crippen LogP contribution is 2.52. The van der Waals surface area contributed by atoms with Crippen molar-refractivity contribution < 1.29 is 28.4 Å². The zero-order valence-electron chi connectivity index (χ0n) is 17.1. The molecule has 1 aromatic carbocycles. The summed E-state index contributed by atoms with van der Waals surface area (Å²) in [7, 11) is 0. The van der Waals surface area contributed by atoms with Gasteiger partial charge in [-0.05, 0) is 45.7 Å². The van der Waals surface area contributed by atoms with Gasteiger partial charge in [-0.25, -0.2) is 4.99 Å². The van der Waals surface area contributed by atoms with Gasteiger partial charge < -0.3 is 28.4 Å². The molecule has 4 aliphatic rings. The number of ether oxygens (including phenoxy) is 6. The zero-order chi connectivity index (χ0) is 20.3. The molecule has 4 heterocycles. The maximum atomic E-state index is 6.39. The van der Waals surface area contributed by atoms with Crippen LogP contribution in [0.5, 0.6) is 0 Å². The van der Waals surface area contributed by atoms with Crippen LogP contribution in [0.15, 0.2) is 35.3 Å². The normalized spacial score (nSPS) is 39.0. The highest BCUT2D eigenvalue weighted by molar-refractivity contribution is 5.95. The molecule has 0 amide bonds. The number of aliphatic imine (C=N–C) groups is 1. The van der Waals surface area contributed by atoms with Crippen LogP contribution in [0.25, 0.3) is 0 Å². The summed E-state index contributed by atoms with van der Waals surface area (Å²) in [5, 5.41) is 0. The van der Waals surface area contributed by atoms with Gasteiger partial charge >= 0.3 is 0 Å². The molecule has 7 heteroatoms. The van der Waals surface area contributed by atoms with Crippen LogP contribution < -0.4 is 0 Å². The van der Waals surface area contributed by atoms with E-state index in [1.54, 1.807) is 0 Å². The third-order valence-electron chi connectivity index (χ3n) is 5.61. The quantitative estimate of drug-likeness (QED) is 0.624. The van der Waals surface area contributed by atoms with Gasteiger partial charge in [-0.2, -0.15) is 0 Å². The lowest BCUT2D eigenvalue weighted by molar-refractivity contribution is -0.355. The summed E-state index contributed by atoms with van der Waals surface area (Å²) in [6.07, 6.45) is -0.719. The number of nitrogens with zero attached hydrogens (tertiary/aromatic N) is 1. The first-order chi connectivity index (χ1) is 13.7. The van der Waals surface area contributed by atoms with Crippen LogP contribution >= 0.6 is 0 Å². The highest BCUT2D eigenvalue weighted by atomic mass is 16.9. The van der Waals surface area contributed by atoms with E-state index < -0.39 is 29.1 Å². The van der Waals surface area contributed by atoms with E-state index >= 15 is 0 Å². The van der Waals surface area contributed by atoms with Crippen LogP contribution in [0.1, 0.15) is 33.3 Å². The number of benzene rings is 1. The molecule has 2 spiro atoms. The van der Waals surface area contributed by atoms with Crippen LogP contribution in [0, 0.1) is 11.8 Å². The van der Waals surface area contributed by atoms with E-state index in [2.05, 4.69) is 16.8 Å². The Labute approximate surface area is 170 Å². The lowest BCUT2D eigenvalue weighted by Crippen LogP contribution is -2.72. The smallest absolute Gasteiger partial charge is 0.264 e. The first-order valence-corrected chi connectivity index (χ1v) is 9.87. The Morgan fingerprint density at radius 2 is 1.76 bits per heavy atom. The minimum atomic E-state index is -1.15. The summed E-state index contributed by atoms with van der Waals surface area (Å²) in [5.74, 6) is 3.73. The molecule has 29 heavy (non-hydrogen) atoms. The van der Waals surface area contributed by atoms with Crippen LogP contribution in [0.2, 0.25) is 0 Å². The van der Waals surface area contributed by atoms with Crippen molar-refractivity contribution in [2.75, 3.05) is 19.8 Å². The van der Waals surface area contributed by atoms with Crippen LogP contribution in [0.3, 0.4) is 0 Å². The Bertz CT molecular complexity index is 899. The van der Waals surface area contributed by atoms with Gasteiger partial charge in [0.25, 0.3) is 5.90 Å². The Morgan fingerprint density at radius 3 is 2.48 bits per heavy atom. The predicted molar refractivity (Wildman–Crippen MR) is 103 cm³/mol. The molecule has 0 radical (unpaired) electrons. The monoisotopic (exact) mass is 399 g/mol. The van der Waals surface area contributed by atoms with Gasteiger partial charge in [0, 0.05) is 5.56 Å². The second kappa shape index (κ2) is 6.27. The molecule has 0 unspecified atom stereocenters. The van der Waals surface area contributed by atoms with Crippen molar-refractivity contribution >= 4 is 5.90 Å². The maximum absolute atomic E-state index is 6.39. The largest absolute Gasteiger partial charge is 0.454 e. The van der Waals surface area contributed by atoms with Gasteiger partial charge in [0.2, 0.25) is 11.4 Å². The number of hydrogen-bond acceptors (Lipinski definition) is 7. The van der Waals surface area contributed by atoms with E-state index in [1.807, 2.05) is 58.0 Å². The molecule has 0 N–H and O–H groups in total. The SMILES string of the molecule is CC1(C)O[C@@H]2[C@@H](CO[C@]3(COC(C)(C)O3)[C@]23CN=C(C#Cc2ccccc2)O3)O1. The van der Waals surface area contributed by atoms with Gasteiger partial charge in [0.05, 0.1) is 13.2 Å². The molecule has 0 saturated carbocycles. The number of hydrogen-bond donors (Lipinski definition) is 0.